The van der Waals surface area contributed by atoms with Crippen LogP contribution in [0.15, 0.2) is 54.6 Å². The number of hydrogen-bond donors (Lipinski definition) is 1. The maximum atomic E-state index is 13.9. The van der Waals surface area contributed by atoms with E-state index >= 15 is 0 Å². The van der Waals surface area contributed by atoms with E-state index in [2.05, 4.69) is 22.3 Å². The number of benzene rings is 2. The lowest BCUT2D eigenvalue weighted by Gasteiger charge is -2.36. The number of piperazine rings is 1. The van der Waals surface area contributed by atoms with E-state index in [1.54, 1.807) is 17.0 Å². The third kappa shape index (κ3) is 4.77. The van der Waals surface area contributed by atoms with Crippen molar-refractivity contribution < 1.29 is 9.18 Å². The highest BCUT2D eigenvalue weighted by Gasteiger charge is 2.23. The van der Waals surface area contributed by atoms with Gasteiger partial charge in [-0.05, 0) is 31.8 Å². The summed E-state index contributed by atoms with van der Waals surface area (Å²) in [6, 6.07) is 17.0. The lowest BCUT2D eigenvalue weighted by Crippen LogP contribution is -2.52. The van der Waals surface area contributed by atoms with Crippen molar-refractivity contribution >= 4 is 11.7 Å². The van der Waals surface area contributed by atoms with Crippen LogP contribution >= 0.6 is 0 Å². The van der Waals surface area contributed by atoms with Crippen LogP contribution in [0.2, 0.25) is 0 Å². The number of anilines is 1. The predicted octanol–water partition coefficient (Wildman–Crippen LogP) is 2.96. The number of urea groups is 1. The average Bonchev–Trinajstić information content (AvgIpc) is 2.69. The molecular weight excluding hydrogens is 343 g/mol. The number of hydrogen-bond acceptors (Lipinski definition) is 3. The molecule has 0 radical (unpaired) electrons. The van der Waals surface area contributed by atoms with Crippen molar-refractivity contribution in [2.45, 2.75) is 6.04 Å². The van der Waals surface area contributed by atoms with E-state index in [0.29, 0.717) is 38.4 Å². The molecule has 2 aromatic carbocycles. The van der Waals surface area contributed by atoms with Crippen LogP contribution in [0.3, 0.4) is 0 Å². The van der Waals surface area contributed by atoms with Crippen molar-refractivity contribution in [3.05, 3.63) is 66.0 Å². The average molecular weight is 370 g/mol. The molecule has 0 aliphatic carbocycles. The normalized spacial score (nSPS) is 15.7. The van der Waals surface area contributed by atoms with Crippen LogP contribution in [0.25, 0.3) is 0 Å². The maximum Gasteiger partial charge on any atom is 0.317 e. The Bertz CT molecular complexity index is 745. The number of carbonyl (C=O) groups is 1. The van der Waals surface area contributed by atoms with E-state index in [0.717, 1.165) is 0 Å². The molecule has 1 unspecified atom stereocenters. The van der Waals surface area contributed by atoms with Gasteiger partial charge in [0, 0.05) is 32.7 Å². The third-order valence-corrected chi connectivity index (χ3v) is 5.01. The van der Waals surface area contributed by atoms with Crippen LogP contribution in [0, 0.1) is 5.82 Å². The lowest BCUT2D eigenvalue weighted by atomic mass is 10.1. The minimum atomic E-state index is -0.216. The Morgan fingerprint density at radius 1 is 1.04 bits per heavy atom. The van der Waals surface area contributed by atoms with Crippen LogP contribution < -0.4 is 10.2 Å². The van der Waals surface area contributed by atoms with E-state index in [9.17, 15) is 9.18 Å². The Morgan fingerprint density at radius 3 is 2.30 bits per heavy atom. The summed E-state index contributed by atoms with van der Waals surface area (Å²) < 4.78 is 13.9. The fourth-order valence-corrected chi connectivity index (χ4v) is 3.43. The summed E-state index contributed by atoms with van der Waals surface area (Å²) in [4.78, 5) is 18.5. The molecule has 2 aromatic rings. The molecule has 144 valence electrons. The second-order valence-electron chi connectivity index (χ2n) is 7.00. The van der Waals surface area contributed by atoms with Crippen molar-refractivity contribution in [2.24, 2.45) is 0 Å². The molecule has 1 saturated heterocycles. The highest BCUT2D eigenvalue weighted by molar-refractivity contribution is 5.74. The van der Waals surface area contributed by atoms with E-state index in [4.69, 9.17) is 0 Å². The van der Waals surface area contributed by atoms with Gasteiger partial charge in [-0.25, -0.2) is 9.18 Å². The van der Waals surface area contributed by atoms with Gasteiger partial charge in [-0.15, -0.1) is 0 Å². The van der Waals surface area contributed by atoms with Gasteiger partial charge >= 0.3 is 6.03 Å². The first-order valence-corrected chi connectivity index (χ1v) is 9.30. The monoisotopic (exact) mass is 370 g/mol. The summed E-state index contributed by atoms with van der Waals surface area (Å²) in [6.07, 6.45) is 0. The van der Waals surface area contributed by atoms with Gasteiger partial charge in [-0.3, -0.25) is 0 Å². The van der Waals surface area contributed by atoms with Gasteiger partial charge in [0.15, 0.2) is 0 Å². The molecule has 6 heteroatoms. The summed E-state index contributed by atoms with van der Waals surface area (Å²) in [5, 5.41) is 3.05. The molecule has 0 aromatic heterocycles. The molecule has 1 heterocycles. The third-order valence-electron chi connectivity index (χ3n) is 5.01. The van der Waals surface area contributed by atoms with Crippen molar-refractivity contribution in [1.29, 1.82) is 0 Å². The van der Waals surface area contributed by atoms with Crippen molar-refractivity contribution in [1.82, 2.24) is 15.1 Å². The summed E-state index contributed by atoms with van der Waals surface area (Å²) in [7, 11) is 4.02. The van der Waals surface area contributed by atoms with Gasteiger partial charge in [-0.1, -0.05) is 42.5 Å². The molecule has 2 amide bonds. The number of halogens is 1. The first-order chi connectivity index (χ1) is 13.1. The molecule has 1 fully saturated rings. The molecule has 0 bridgehead atoms. The number of nitrogens with one attached hydrogen (secondary N) is 1. The zero-order valence-electron chi connectivity index (χ0n) is 15.9. The molecule has 1 aliphatic rings. The van der Waals surface area contributed by atoms with Crippen molar-refractivity contribution in [2.75, 3.05) is 51.7 Å². The number of amides is 2. The minimum absolute atomic E-state index is 0.0639. The highest BCUT2D eigenvalue weighted by atomic mass is 19.1. The zero-order valence-corrected chi connectivity index (χ0v) is 15.9. The summed E-state index contributed by atoms with van der Waals surface area (Å²) in [6.45, 7) is 2.97. The summed E-state index contributed by atoms with van der Waals surface area (Å²) in [5.74, 6) is -0.216. The lowest BCUT2D eigenvalue weighted by molar-refractivity contribution is 0.189. The predicted molar refractivity (Wildman–Crippen MR) is 106 cm³/mol. The maximum absolute atomic E-state index is 13.9. The number of carbonyl (C=O) groups excluding carboxylic acids is 1. The first kappa shape index (κ1) is 19.2. The van der Waals surface area contributed by atoms with Gasteiger partial charge in [0.05, 0.1) is 11.7 Å². The Balaban J connectivity index is 1.53. The summed E-state index contributed by atoms with van der Waals surface area (Å²) >= 11 is 0. The molecular formula is C21H27FN4O. The fraction of sp³-hybridized carbons (Fsp3) is 0.381. The number of nitrogens with zero attached hydrogens (tertiary/aromatic N) is 3. The van der Waals surface area contributed by atoms with Crippen molar-refractivity contribution in [3.63, 3.8) is 0 Å². The smallest absolute Gasteiger partial charge is 0.317 e. The Labute approximate surface area is 160 Å². The van der Waals surface area contributed by atoms with Crippen LogP contribution in [0.4, 0.5) is 14.9 Å². The van der Waals surface area contributed by atoms with E-state index < -0.39 is 0 Å². The largest absolute Gasteiger partial charge is 0.366 e. The molecule has 3 rings (SSSR count). The molecule has 27 heavy (non-hydrogen) atoms. The standard InChI is InChI=1S/C21H27FN4O/c1-24(2)20(17-8-4-3-5-9-17)16-23-21(27)26-14-12-25(13-15-26)19-11-7-6-10-18(19)22/h3-11,20H,12-16H2,1-2H3,(H,23,27). The molecule has 1 aliphatic heterocycles. The SMILES string of the molecule is CN(C)C(CNC(=O)N1CCN(c2ccccc2F)CC1)c1ccccc1. The van der Waals surface area contributed by atoms with Crippen LogP contribution in [0.5, 0.6) is 0 Å². The van der Waals surface area contributed by atoms with Crippen molar-refractivity contribution in [3.8, 4) is 0 Å². The molecule has 1 N–H and O–H groups in total. The quantitative estimate of drug-likeness (QED) is 0.880. The Kier molecular flexibility index (Phi) is 6.29. The highest BCUT2D eigenvalue weighted by Crippen LogP contribution is 2.20. The van der Waals surface area contributed by atoms with E-state index in [-0.39, 0.29) is 17.9 Å². The Hall–Kier alpha value is -2.60. The van der Waals surface area contributed by atoms with Crippen LogP contribution in [-0.4, -0.2) is 62.7 Å². The zero-order chi connectivity index (χ0) is 19.2. The van der Waals surface area contributed by atoms with Gasteiger partial charge in [0.2, 0.25) is 0 Å². The molecule has 5 nitrogen and oxygen atoms in total. The summed E-state index contributed by atoms with van der Waals surface area (Å²) in [5.41, 5.74) is 1.78. The minimum Gasteiger partial charge on any atom is -0.366 e. The van der Waals surface area contributed by atoms with Gasteiger partial charge in [0.25, 0.3) is 0 Å². The second-order valence-corrected chi connectivity index (χ2v) is 7.00. The van der Waals surface area contributed by atoms with E-state index in [1.165, 1.54) is 11.6 Å². The molecule has 0 saturated carbocycles. The van der Waals surface area contributed by atoms with Crippen LogP contribution in [-0.2, 0) is 0 Å². The number of para-hydroxylation sites is 1. The molecule has 1 atom stereocenters. The fourth-order valence-electron chi connectivity index (χ4n) is 3.43. The van der Waals surface area contributed by atoms with Gasteiger partial charge < -0.3 is 20.0 Å². The van der Waals surface area contributed by atoms with E-state index in [1.807, 2.05) is 43.3 Å². The molecule has 0 spiro atoms. The van der Waals surface area contributed by atoms with Crippen LogP contribution in [0.1, 0.15) is 11.6 Å². The topological polar surface area (TPSA) is 38.8 Å². The first-order valence-electron chi connectivity index (χ1n) is 9.30. The second kappa shape index (κ2) is 8.86. The number of likely N-dealkylation sites (N-methyl/N-ethyl adjacent to an activating group) is 1. The van der Waals surface area contributed by atoms with Gasteiger partial charge in [0.1, 0.15) is 5.82 Å². The Morgan fingerprint density at radius 2 is 1.67 bits per heavy atom. The van der Waals surface area contributed by atoms with Gasteiger partial charge in [-0.2, -0.15) is 0 Å². The number of rotatable bonds is 5.